The van der Waals surface area contributed by atoms with E-state index < -0.39 is 23.2 Å². The van der Waals surface area contributed by atoms with E-state index in [0.29, 0.717) is 16.3 Å². The Hall–Kier alpha value is -2.81. The van der Waals surface area contributed by atoms with Gasteiger partial charge in [-0.15, -0.1) is 0 Å². The Kier molecular flexibility index (Phi) is 7.26. The molecule has 0 radical (unpaired) electrons. The average Bonchev–Trinajstić information content (AvgIpc) is 2.78. The highest BCUT2D eigenvalue weighted by Gasteiger charge is 2.46. The molecule has 5 nitrogen and oxygen atoms in total. The number of halogens is 5. The van der Waals surface area contributed by atoms with Crippen LogP contribution in [0.15, 0.2) is 54.7 Å². The number of amides is 1. The van der Waals surface area contributed by atoms with Crippen molar-refractivity contribution in [3.05, 3.63) is 87.4 Å². The monoisotopic (exact) mass is 524 g/mol. The third kappa shape index (κ3) is 5.55. The van der Waals surface area contributed by atoms with Crippen molar-refractivity contribution >= 4 is 34.8 Å². The molecule has 0 unspecified atom stereocenters. The predicted octanol–water partition coefficient (Wildman–Crippen LogP) is 6.52. The molecule has 4 rings (SSSR count). The highest BCUT2D eigenvalue weighted by Crippen LogP contribution is 2.39. The summed E-state index contributed by atoms with van der Waals surface area (Å²) in [6.45, 7) is 1.66. The molecule has 1 saturated heterocycles. The molecule has 0 saturated carbocycles. The number of anilines is 1. The minimum atomic E-state index is -2.92. The lowest BCUT2D eigenvalue weighted by Gasteiger charge is -2.41. The van der Waals surface area contributed by atoms with Crippen LogP contribution in [0.3, 0.4) is 0 Å². The molecule has 1 aliphatic rings. The molecular weight excluding hydrogens is 504 g/mol. The number of carbonyl (C=O) groups excluding carboxylic acids is 1. The van der Waals surface area contributed by atoms with E-state index in [9.17, 15) is 18.0 Å². The first-order chi connectivity index (χ1) is 16.6. The highest BCUT2D eigenvalue weighted by atomic mass is 35.5. The van der Waals surface area contributed by atoms with Gasteiger partial charge in [0.15, 0.2) is 17.2 Å². The van der Waals surface area contributed by atoms with E-state index in [1.165, 1.54) is 55.6 Å². The maximum atomic E-state index is 14.8. The molecule has 184 valence electrons. The molecular formula is C25H21Cl2F3N2O3. The number of hydrogen-bond donors (Lipinski definition) is 1. The van der Waals surface area contributed by atoms with Gasteiger partial charge in [0, 0.05) is 29.9 Å². The average molecular weight is 525 g/mol. The van der Waals surface area contributed by atoms with Crippen molar-refractivity contribution < 1.29 is 27.4 Å². The fraction of sp³-hybridized carbons (Fsp3) is 0.280. The van der Waals surface area contributed by atoms with Crippen LogP contribution < -0.4 is 10.1 Å². The van der Waals surface area contributed by atoms with Crippen LogP contribution >= 0.6 is 23.2 Å². The number of ether oxygens (including phenoxy) is 2. The summed E-state index contributed by atoms with van der Waals surface area (Å²) in [4.78, 5) is 16.6. The summed E-state index contributed by atoms with van der Waals surface area (Å²) in [6, 6.07) is 11.1. The molecule has 10 heteroatoms. The standard InChI is InChI=1S/C25H21Cl2F3N2O3/c1-2-25(29,30)16-5-3-15(4-6-16)9-22(33)32-18-7-8-21(20(28)11-18)35-24(13-34-14-24)23-19(27)10-17(26)12-31-23/h3-8,10-12H,2,9,13-14H2,1H3,(H,32,33). The second-order valence-electron chi connectivity index (χ2n) is 8.20. The van der Waals surface area contributed by atoms with Gasteiger partial charge in [0.1, 0.15) is 5.69 Å². The largest absolute Gasteiger partial charge is 0.473 e. The number of nitrogens with one attached hydrogen (secondary N) is 1. The van der Waals surface area contributed by atoms with Crippen molar-refractivity contribution in [3.63, 3.8) is 0 Å². The molecule has 0 atom stereocenters. The van der Waals surface area contributed by atoms with E-state index in [2.05, 4.69) is 10.3 Å². The van der Waals surface area contributed by atoms with Gasteiger partial charge >= 0.3 is 0 Å². The van der Waals surface area contributed by atoms with Crippen LogP contribution in [0, 0.1) is 5.82 Å². The van der Waals surface area contributed by atoms with Crippen LogP contribution in [0.4, 0.5) is 18.9 Å². The first kappa shape index (κ1) is 25.3. The Morgan fingerprint density at radius 1 is 1.17 bits per heavy atom. The molecule has 35 heavy (non-hydrogen) atoms. The van der Waals surface area contributed by atoms with E-state index in [0.717, 1.165) is 6.07 Å². The summed E-state index contributed by atoms with van der Waals surface area (Å²) in [6.07, 6.45) is 1.05. The molecule has 0 spiro atoms. The Bertz CT molecular complexity index is 1240. The van der Waals surface area contributed by atoms with E-state index in [-0.39, 0.29) is 48.1 Å². The second kappa shape index (κ2) is 10.0. The smallest absolute Gasteiger partial charge is 0.273 e. The fourth-order valence-electron chi connectivity index (χ4n) is 3.61. The Morgan fingerprint density at radius 2 is 1.89 bits per heavy atom. The number of pyridine rings is 1. The molecule has 2 heterocycles. The van der Waals surface area contributed by atoms with Gasteiger partial charge in [0.25, 0.3) is 5.92 Å². The Labute approximate surface area is 210 Å². The molecule has 0 aliphatic carbocycles. The van der Waals surface area contributed by atoms with Crippen molar-refractivity contribution in [2.24, 2.45) is 0 Å². The van der Waals surface area contributed by atoms with E-state index >= 15 is 0 Å². The van der Waals surface area contributed by atoms with Crippen molar-refractivity contribution in [1.82, 2.24) is 4.98 Å². The van der Waals surface area contributed by atoms with Gasteiger partial charge in [0.05, 0.1) is 29.7 Å². The van der Waals surface area contributed by atoms with Crippen LogP contribution in [0.1, 0.15) is 30.2 Å². The summed E-state index contributed by atoms with van der Waals surface area (Å²) < 4.78 is 53.5. The number of carbonyl (C=O) groups is 1. The maximum Gasteiger partial charge on any atom is 0.273 e. The summed E-state index contributed by atoms with van der Waals surface area (Å²) in [7, 11) is 0. The highest BCUT2D eigenvalue weighted by molar-refractivity contribution is 6.34. The zero-order valence-electron chi connectivity index (χ0n) is 18.6. The summed E-state index contributed by atoms with van der Waals surface area (Å²) in [5, 5.41) is 3.23. The second-order valence-corrected chi connectivity index (χ2v) is 9.04. The van der Waals surface area contributed by atoms with Crippen molar-refractivity contribution in [2.45, 2.75) is 31.3 Å². The quantitative estimate of drug-likeness (QED) is 0.364. The van der Waals surface area contributed by atoms with Gasteiger partial charge < -0.3 is 14.8 Å². The topological polar surface area (TPSA) is 60.5 Å². The van der Waals surface area contributed by atoms with Crippen molar-refractivity contribution in [1.29, 1.82) is 0 Å². The number of rotatable bonds is 8. The number of alkyl halides is 2. The maximum absolute atomic E-state index is 14.8. The minimum absolute atomic E-state index is 0.0565. The molecule has 1 aliphatic heterocycles. The van der Waals surface area contributed by atoms with Crippen molar-refractivity contribution in [2.75, 3.05) is 18.5 Å². The summed E-state index contributed by atoms with van der Waals surface area (Å²) in [5.41, 5.74) is -0.0113. The molecule has 0 bridgehead atoms. The van der Waals surface area contributed by atoms with Gasteiger partial charge in [-0.2, -0.15) is 0 Å². The number of hydrogen-bond acceptors (Lipinski definition) is 4. The van der Waals surface area contributed by atoms with Crippen LogP contribution in [0.25, 0.3) is 0 Å². The molecule has 1 aromatic heterocycles. The third-order valence-corrected chi connectivity index (χ3v) is 6.11. The van der Waals surface area contributed by atoms with Gasteiger partial charge in [-0.25, -0.2) is 13.2 Å². The van der Waals surface area contributed by atoms with Crippen LogP contribution in [-0.2, 0) is 27.5 Å². The molecule has 1 fully saturated rings. The predicted molar refractivity (Wildman–Crippen MR) is 127 cm³/mol. The first-order valence-electron chi connectivity index (χ1n) is 10.8. The van der Waals surface area contributed by atoms with Crippen LogP contribution in [0.5, 0.6) is 5.75 Å². The molecule has 1 amide bonds. The lowest BCUT2D eigenvalue weighted by Crippen LogP contribution is -2.52. The van der Waals surface area contributed by atoms with E-state index in [1.54, 1.807) is 0 Å². The van der Waals surface area contributed by atoms with Crippen LogP contribution in [0.2, 0.25) is 10.0 Å². The number of nitrogens with zero attached hydrogens (tertiary/aromatic N) is 1. The Morgan fingerprint density at radius 3 is 2.46 bits per heavy atom. The molecule has 2 aromatic carbocycles. The van der Waals surface area contributed by atoms with E-state index in [1.807, 2.05) is 0 Å². The number of aromatic nitrogens is 1. The molecule has 3 aromatic rings. The lowest BCUT2D eigenvalue weighted by atomic mass is 9.96. The van der Waals surface area contributed by atoms with Crippen molar-refractivity contribution in [3.8, 4) is 5.75 Å². The normalized spacial score (nSPS) is 14.8. The van der Waals surface area contributed by atoms with Gasteiger partial charge in [-0.1, -0.05) is 54.4 Å². The van der Waals surface area contributed by atoms with Gasteiger partial charge in [0.2, 0.25) is 5.91 Å². The first-order valence-corrected chi connectivity index (χ1v) is 11.5. The summed E-state index contributed by atoms with van der Waals surface area (Å²) in [5.74, 6) is -4.10. The lowest BCUT2D eigenvalue weighted by molar-refractivity contribution is -0.171. The van der Waals surface area contributed by atoms with Crippen LogP contribution in [-0.4, -0.2) is 24.1 Å². The minimum Gasteiger partial charge on any atom is -0.473 e. The van der Waals surface area contributed by atoms with E-state index in [4.69, 9.17) is 32.7 Å². The van der Waals surface area contributed by atoms with Gasteiger partial charge in [-0.05, 0) is 23.8 Å². The number of benzene rings is 2. The fourth-order valence-corrected chi connectivity index (χ4v) is 4.17. The Balaban J connectivity index is 1.42. The summed E-state index contributed by atoms with van der Waals surface area (Å²) >= 11 is 12.2. The molecule has 1 N–H and O–H groups in total. The zero-order valence-corrected chi connectivity index (χ0v) is 20.1. The van der Waals surface area contributed by atoms with Gasteiger partial charge in [-0.3, -0.25) is 9.78 Å². The SMILES string of the molecule is CCC(F)(F)c1ccc(CC(=O)Nc2ccc(OC3(c4ncc(Cl)cc4Cl)COC3)c(F)c2)cc1. The third-order valence-electron chi connectivity index (χ3n) is 5.62. The zero-order chi connectivity index (χ0) is 25.2.